The minimum atomic E-state index is -0.939. The van der Waals surface area contributed by atoms with E-state index in [2.05, 4.69) is 20.4 Å². The van der Waals surface area contributed by atoms with E-state index in [0.717, 1.165) is 18.4 Å². The molecular weight excluding hydrogens is 304 g/mol. The number of allylic oxidation sites excluding steroid dienone is 2. The van der Waals surface area contributed by atoms with Gasteiger partial charge in [-0.2, -0.15) is 0 Å². The van der Waals surface area contributed by atoms with E-state index in [1.165, 1.54) is 0 Å². The molecule has 3 heterocycles. The molecule has 0 radical (unpaired) electrons. The standard InChI is InChI=1S/C20H24O4/c1-6-19(5)8-7-14-18(3,4)13-10-12-9-11(2)23-17(22)15(19)20(12,14)24-16(13)21/h6,9-10,13-15H,1,7-8H2,2-5H3/t13-,14+,15+,19?,20-/m1/s1. The lowest BCUT2D eigenvalue weighted by atomic mass is 9.44. The Kier molecular flexibility index (Phi) is 2.88. The highest BCUT2D eigenvalue weighted by atomic mass is 16.6. The molecule has 5 atom stereocenters. The van der Waals surface area contributed by atoms with Crippen molar-refractivity contribution in [3.05, 3.63) is 36.1 Å². The number of cyclic esters (lactones) is 1. The minimum absolute atomic E-state index is 0.0976. The largest absolute Gasteiger partial charge is 0.452 e. The van der Waals surface area contributed by atoms with Crippen molar-refractivity contribution in [3.8, 4) is 0 Å². The number of esters is 2. The summed E-state index contributed by atoms with van der Waals surface area (Å²) >= 11 is 0. The zero-order valence-electron chi connectivity index (χ0n) is 14.7. The van der Waals surface area contributed by atoms with Crippen LogP contribution in [0.2, 0.25) is 0 Å². The molecule has 1 saturated carbocycles. The fourth-order valence-electron chi connectivity index (χ4n) is 5.62. The van der Waals surface area contributed by atoms with Crippen LogP contribution in [0.25, 0.3) is 0 Å². The first kappa shape index (κ1) is 15.7. The number of hydrogen-bond acceptors (Lipinski definition) is 4. The van der Waals surface area contributed by atoms with Gasteiger partial charge >= 0.3 is 11.9 Å². The van der Waals surface area contributed by atoms with E-state index >= 15 is 0 Å². The summed E-state index contributed by atoms with van der Waals surface area (Å²) in [5.74, 6) is -0.722. The van der Waals surface area contributed by atoms with Gasteiger partial charge in [-0.3, -0.25) is 9.59 Å². The lowest BCUT2D eigenvalue weighted by Crippen LogP contribution is -2.70. The number of ether oxygens (including phenoxy) is 2. The van der Waals surface area contributed by atoms with Gasteiger partial charge in [0.25, 0.3) is 0 Å². The molecule has 0 aromatic heterocycles. The second-order valence-corrected chi connectivity index (χ2v) is 8.55. The van der Waals surface area contributed by atoms with E-state index in [0.29, 0.717) is 5.76 Å². The van der Waals surface area contributed by atoms with E-state index in [1.807, 2.05) is 25.2 Å². The summed E-state index contributed by atoms with van der Waals surface area (Å²) in [6, 6.07) is 0. The maximum Gasteiger partial charge on any atom is 0.319 e. The van der Waals surface area contributed by atoms with Gasteiger partial charge < -0.3 is 9.47 Å². The molecule has 0 N–H and O–H groups in total. The third-order valence-electron chi connectivity index (χ3n) is 6.92. The van der Waals surface area contributed by atoms with Gasteiger partial charge in [-0.25, -0.2) is 0 Å². The number of fused-ring (bicyclic) bond motifs is 1. The molecule has 2 fully saturated rings. The van der Waals surface area contributed by atoms with Gasteiger partial charge in [-0.1, -0.05) is 32.9 Å². The molecule has 4 heteroatoms. The highest BCUT2D eigenvalue weighted by Gasteiger charge is 2.72. The van der Waals surface area contributed by atoms with Crippen molar-refractivity contribution in [2.45, 2.75) is 46.1 Å². The maximum atomic E-state index is 13.0. The first-order valence-corrected chi connectivity index (χ1v) is 8.65. The lowest BCUT2D eigenvalue weighted by molar-refractivity contribution is -0.232. The van der Waals surface area contributed by atoms with E-state index in [4.69, 9.17) is 9.47 Å². The summed E-state index contributed by atoms with van der Waals surface area (Å²) in [5.41, 5.74) is -0.722. The molecule has 1 unspecified atom stereocenters. The highest BCUT2D eigenvalue weighted by molar-refractivity contribution is 5.86. The lowest BCUT2D eigenvalue weighted by Gasteiger charge is -2.64. The molecule has 2 aliphatic carbocycles. The zero-order valence-corrected chi connectivity index (χ0v) is 14.7. The predicted octanol–water partition coefficient (Wildman–Crippen LogP) is 3.54. The Morgan fingerprint density at radius 3 is 2.62 bits per heavy atom. The van der Waals surface area contributed by atoms with Crippen molar-refractivity contribution in [2.75, 3.05) is 0 Å². The van der Waals surface area contributed by atoms with Gasteiger partial charge in [0.2, 0.25) is 0 Å². The van der Waals surface area contributed by atoms with Crippen molar-refractivity contribution in [2.24, 2.45) is 28.6 Å². The monoisotopic (exact) mass is 328 g/mol. The number of rotatable bonds is 1. The van der Waals surface area contributed by atoms with Crippen molar-refractivity contribution >= 4 is 11.9 Å². The second-order valence-electron chi connectivity index (χ2n) is 8.55. The van der Waals surface area contributed by atoms with Crippen LogP contribution >= 0.6 is 0 Å². The first-order chi connectivity index (χ1) is 11.2. The molecule has 1 saturated heterocycles. The minimum Gasteiger partial charge on any atom is -0.452 e. The van der Waals surface area contributed by atoms with E-state index < -0.39 is 16.9 Å². The second kappa shape index (κ2) is 4.41. The Morgan fingerprint density at radius 1 is 1.25 bits per heavy atom. The molecule has 0 aromatic rings. The van der Waals surface area contributed by atoms with E-state index in [-0.39, 0.29) is 29.2 Å². The molecular formula is C20H24O4. The van der Waals surface area contributed by atoms with Crippen molar-refractivity contribution in [1.29, 1.82) is 0 Å². The van der Waals surface area contributed by atoms with Crippen LogP contribution in [0.5, 0.6) is 0 Å². The topological polar surface area (TPSA) is 52.6 Å². The van der Waals surface area contributed by atoms with Gasteiger partial charge in [0.05, 0.1) is 5.92 Å². The van der Waals surface area contributed by atoms with Gasteiger partial charge in [0.15, 0.2) is 5.60 Å². The molecule has 5 rings (SSSR count). The van der Waals surface area contributed by atoms with Gasteiger partial charge in [-0.05, 0) is 36.8 Å². The smallest absolute Gasteiger partial charge is 0.319 e. The van der Waals surface area contributed by atoms with Crippen LogP contribution in [0.4, 0.5) is 0 Å². The molecule has 128 valence electrons. The third-order valence-corrected chi connectivity index (χ3v) is 6.92. The Balaban J connectivity index is 2.05. The summed E-state index contributed by atoms with van der Waals surface area (Å²) in [6.07, 6.45) is 7.46. The van der Waals surface area contributed by atoms with Crippen LogP contribution in [-0.4, -0.2) is 17.5 Å². The van der Waals surface area contributed by atoms with Crippen molar-refractivity contribution in [1.82, 2.24) is 0 Å². The quantitative estimate of drug-likeness (QED) is 0.546. The van der Waals surface area contributed by atoms with E-state index in [9.17, 15) is 9.59 Å². The molecule has 5 aliphatic rings. The van der Waals surface area contributed by atoms with Crippen LogP contribution in [-0.2, 0) is 19.1 Å². The fourth-order valence-corrected chi connectivity index (χ4v) is 5.62. The Labute approximate surface area is 142 Å². The van der Waals surface area contributed by atoms with Crippen LogP contribution in [0.1, 0.15) is 40.5 Å². The summed E-state index contributed by atoms with van der Waals surface area (Å²) in [6.45, 7) is 12.0. The maximum absolute atomic E-state index is 13.0. The fraction of sp³-hybridized carbons (Fsp3) is 0.600. The normalized spacial score (nSPS) is 45.2. The van der Waals surface area contributed by atoms with E-state index in [1.54, 1.807) is 6.92 Å². The Hall–Kier alpha value is -1.84. The average molecular weight is 328 g/mol. The number of hydrogen-bond donors (Lipinski definition) is 0. The van der Waals surface area contributed by atoms with Gasteiger partial charge in [-0.15, -0.1) is 6.58 Å². The molecule has 0 aromatic carbocycles. The van der Waals surface area contributed by atoms with Crippen LogP contribution in [0, 0.1) is 28.6 Å². The molecule has 24 heavy (non-hydrogen) atoms. The third kappa shape index (κ3) is 1.59. The number of carbonyl (C=O) groups excluding carboxylic acids is 2. The summed E-state index contributed by atoms with van der Waals surface area (Å²) < 4.78 is 11.7. The average Bonchev–Trinajstić information content (AvgIpc) is 2.58. The summed E-state index contributed by atoms with van der Waals surface area (Å²) in [7, 11) is 0. The van der Waals surface area contributed by atoms with Crippen molar-refractivity contribution < 1.29 is 19.1 Å². The Bertz CT molecular complexity index is 728. The predicted molar refractivity (Wildman–Crippen MR) is 88.5 cm³/mol. The van der Waals surface area contributed by atoms with Crippen molar-refractivity contribution in [3.63, 3.8) is 0 Å². The van der Waals surface area contributed by atoms with Crippen LogP contribution < -0.4 is 0 Å². The SMILES string of the molecule is C=CC1(C)CC[C@H]2C(C)(C)[C@@H]3C=C4C=C(C)OC(=O)[C@@H]1[C@@]42OC3=O. The summed E-state index contributed by atoms with van der Waals surface area (Å²) in [4.78, 5) is 25.7. The molecule has 2 bridgehead atoms. The van der Waals surface area contributed by atoms with Gasteiger partial charge in [0, 0.05) is 11.3 Å². The molecule has 1 spiro atoms. The molecule has 0 amide bonds. The number of carbonyl (C=O) groups is 2. The van der Waals surface area contributed by atoms with Gasteiger partial charge in [0.1, 0.15) is 11.7 Å². The first-order valence-electron chi connectivity index (χ1n) is 8.65. The zero-order chi connectivity index (χ0) is 17.5. The highest BCUT2D eigenvalue weighted by Crippen LogP contribution is 2.67. The Morgan fingerprint density at radius 2 is 1.96 bits per heavy atom. The molecule has 3 aliphatic heterocycles. The molecule has 4 nitrogen and oxygen atoms in total. The van der Waals surface area contributed by atoms with Crippen LogP contribution in [0.15, 0.2) is 36.1 Å². The van der Waals surface area contributed by atoms with Crippen LogP contribution in [0.3, 0.4) is 0 Å². The summed E-state index contributed by atoms with van der Waals surface area (Å²) in [5, 5.41) is 0.